The van der Waals surface area contributed by atoms with E-state index in [1.54, 1.807) is 59.4 Å². The highest BCUT2D eigenvalue weighted by Gasteiger charge is 2.45. The van der Waals surface area contributed by atoms with E-state index >= 15 is 0 Å². The minimum Gasteiger partial charge on any atom is -0.378 e. The number of carbonyl (C=O) groups excluding carboxylic acids is 6. The number of benzene rings is 3. The molecule has 0 bridgehead atoms. The fraction of sp³-hybridized carbons (Fsp3) is 0.347. The van der Waals surface area contributed by atoms with Crippen LogP contribution in [-0.4, -0.2) is 143 Å². The molecular formula is C49H49F3N10O8. The maximum atomic E-state index is 14.4. The number of alkyl halides is 3. The Kier molecular flexibility index (Phi) is 15.3. The summed E-state index contributed by atoms with van der Waals surface area (Å²) in [6.07, 6.45) is -1.39. The van der Waals surface area contributed by atoms with Crippen molar-refractivity contribution in [3.05, 3.63) is 124 Å². The average molecular weight is 963 g/mol. The lowest BCUT2D eigenvalue weighted by atomic mass is 10.0. The van der Waals surface area contributed by atoms with E-state index in [2.05, 4.69) is 48.1 Å². The van der Waals surface area contributed by atoms with Gasteiger partial charge in [-0.2, -0.15) is 18.3 Å². The van der Waals surface area contributed by atoms with Gasteiger partial charge >= 0.3 is 6.18 Å². The second kappa shape index (κ2) is 21.8. The number of piperidine rings is 1. The standard InChI is InChI=1S/C49H49F3N10O8/c1-31-7-8-33(26-32(31)10-12-36-28-55-41-6-3-15-56-62(36)41)45(65)57-35-11-9-34(38(27-35)49(50,51)52)30-60-19-17-59(18-20-60)21-23-70-25-24-69-22-16-53-43(64)29-54-39-5-2-4-37-44(39)48(68)61(47(37)67)40-13-14-42(63)58-46(40)66/h2-9,11,15,26-28,40,54H,13-14,16-25,29-30H2,1H3,(H,53,64)(H,57,65)(H,58,63,66). The number of piperazine rings is 1. The van der Waals surface area contributed by atoms with Crippen LogP contribution in [0.25, 0.3) is 5.65 Å². The number of hydrogen-bond acceptors (Lipinski definition) is 13. The van der Waals surface area contributed by atoms with Gasteiger partial charge in [0, 0.05) is 80.9 Å². The van der Waals surface area contributed by atoms with Crippen LogP contribution in [0.5, 0.6) is 0 Å². The molecule has 364 valence electrons. The zero-order valence-corrected chi connectivity index (χ0v) is 38.1. The normalized spacial score (nSPS) is 16.5. The maximum Gasteiger partial charge on any atom is 0.416 e. The Balaban J connectivity index is 0.709. The van der Waals surface area contributed by atoms with E-state index in [1.807, 2.05) is 11.8 Å². The van der Waals surface area contributed by atoms with Crippen LogP contribution in [0.3, 0.4) is 0 Å². The van der Waals surface area contributed by atoms with E-state index in [0.717, 1.165) is 16.5 Å². The number of carbonyl (C=O) groups is 6. The number of imide groups is 2. The van der Waals surface area contributed by atoms with Crippen molar-refractivity contribution in [2.45, 2.75) is 38.5 Å². The van der Waals surface area contributed by atoms with Gasteiger partial charge in [-0.1, -0.05) is 24.1 Å². The smallest absolute Gasteiger partial charge is 0.378 e. The molecule has 3 aliphatic heterocycles. The Bertz CT molecular complexity index is 2890. The highest BCUT2D eigenvalue weighted by molar-refractivity contribution is 6.25. The van der Waals surface area contributed by atoms with Crippen LogP contribution in [0.15, 0.2) is 79.1 Å². The molecule has 18 nitrogen and oxygen atoms in total. The number of anilines is 2. The summed E-state index contributed by atoms with van der Waals surface area (Å²) in [4.78, 5) is 85.3. The van der Waals surface area contributed by atoms with Crippen molar-refractivity contribution in [3.63, 3.8) is 0 Å². The molecule has 8 rings (SSSR count). The van der Waals surface area contributed by atoms with Gasteiger partial charge in [-0.3, -0.25) is 48.8 Å². The maximum absolute atomic E-state index is 14.4. The summed E-state index contributed by atoms with van der Waals surface area (Å²) in [5.74, 6) is 2.63. The topological polar surface area (TPSA) is 209 Å². The average Bonchev–Trinajstić information content (AvgIpc) is 3.87. The molecule has 0 aliphatic carbocycles. The third-order valence-corrected chi connectivity index (χ3v) is 12.0. The summed E-state index contributed by atoms with van der Waals surface area (Å²) in [5.41, 5.74) is 2.57. The Hall–Kier alpha value is -7.51. The van der Waals surface area contributed by atoms with E-state index in [-0.39, 0.29) is 85.2 Å². The Morgan fingerprint density at radius 1 is 0.886 bits per heavy atom. The van der Waals surface area contributed by atoms with Gasteiger partial charge in [-0.25, -0.2) is 9.50 Å². The van der Waals surface area contributed by atoms with Crippen molar-refractivity contribution in [1.29, 1.82) is 0 Å². The molecule has 0 radical (unpaired) electrons. The van der Waals surface area contributed by atoms with E-state index in [4.69, 9.17) is 9.47 Å². The second-order valence-corrected chi connectivity index (χ2v) is 16.8. The molecule has 5 aromatic rings. The van der Waals surface area contributed by atoms with Crippen molar-refractivity contribution in [2.24, 2.45) is 0 Å². The molecule has 21 heteroatoms. The van der Waals surface area contributed by atoms with Crippen molar-refractivity contribution < 1.29 is 51.4 Å². The predicted molar refractivity (Wildman–Crippen MR) is 248 cm³/mol. The molecule has 2 saturated heterocycles. The summed E-state index contributed by atoms with van der Waals surface area (Å²) in [6, 6.07) is 15.9. The van der Waals surface area contributed by atoms with Gasteiger partial charge in [-0.05, 0) is 78.9 Å². The molecule has 3 aromatic carbocycles. The molecule has 3 aliphatic rings. The Labute approximate surface area is 399 Å². The molecule has 2 fully saturated rings. The first-order valence-corrected chi connectivity index (χ1v) is 22.6. The highest BCUT2D eigenvalue weighted by Crippen LogP contribution is 2.35. The van der Waals surface area contributed by atoms with Crippen LogP contribution in [-0.2, 0) is 36.6 Å². The van der Waals surface area contributed by atoms with Crippen molar-refractivity contribution in [3.8, 4) is 11.8 Å². The van der Waals surface area contributed by atoms with Gasteiger partial charge in [0.2, 0.25) is 17.7 Å². The third-order valence-electron chi connectivity index (χ3n) is 12.0. The lowest BCUT2D eigenvalue weighted by Gasteiger charge is -2.35. The molecule has 4 N–H and O–H groups in total. The lowest BCUT2D eigenvalue weighted by Crippen LogP contribution is -2.54. The highest BCUT2D eigenvalue weighted by atomic mass is 19.4. The summed E-state index contributed by atoms with van der Waals surface area (Å²) < 4.78 is 56.0. The van der Waals surface area contributed by atoms with Crippen LogP contribution in [0.2, 0.25) is 0 Å². The monoisotopic (exact) mass is 962 g/mol. The first kappa shape index (κ1) is 48.9. The van der Waals surface area contributed by atoms with Crippen LogP contribution in [0.1, 0.15) is 71.9 Å². The van der Waals surface area contributed by atoms with Gasteiger partial charge in [0.05, 0.1) is 55.9 Å². The van der Waals surface area contributed by atoms with Crippen LogP contribution in [0.4, 0.5) is 24.5 Å². The van der Waals surface area contributed by atoms with E-state index in [1.165, 1.54) is 18.2 Å². The Morgan fingerprint density at radius 3 is 2.46 bits per heavy atom. The Morgan fingerprint density at radius 2 is 1.67 bits per heavy atom. The molecule has 0 saturated carbocycles. The van der Waals surface area contributed by atoms with Crippen molar-refractivity contribution in [2.75, 3.05) is 82.9 Å². The summed E-state index contributed by atoms with van der Waals surface area (Å²) in [6.45, 7) is 6.23. The number of halogens is 3. The number of nitrogens with zero attached hydrogens (tertiary/aromatic N) is 6. The lowest BCUT2D eigenvalue weighted by molar-refractivity contribution is -0.138. The number of aryl methyl sites for hydroxylation is 1. The molecule has 6 amide bonds. The van der Waals surface area contributed by atoms with Crippen molar-refractivity contribution in [1.82, 2.24) is 39.9 Å². The first-order valence-electron chi connectivity index (χ1n) is 22.6. The predicted octanol–water partition coefficient (Wildman–Crippen LogP) is 3.49. The minimum absolute atomic E-state index is 0.00277. The van der Waals surface area contributed by atoms with Gasteiger partial charge in [-0.15, -0.1) is 0 Å². The number of amides is 6. The molecule has 2 aromatic heterocycles. The number of nitrogens with one attached hydrogen (secondary N) is 4. The van der Waals surface area contributed by atoms with E-state index in [0.29, 0.717) is 62.8 Å². The summed E-state index contributed by atoms with van der Waals surface area (Å²) in [5, 5.41) is 14.6. The van der Waals surface area contributed by atoms with Crippen LogP contribution >= 0.6 is 0 Å². The number of fused-ring (bicyclic) bond motifs is 2. The molecule has 1 unspecified atom stereocenters. The van der Waals surface area contributed by atoms with Crippen LogP contribution in [0, 0.1) is 18.8 Å². The number of imidazole rings is 1. The fourth-order valence-electron chi connectivity index (χ4n) is 8.29. The molecular weight excluding hydrogens is 914 g/mol. The zero-order valence-electron chi connectivity index (χ0n) is 38.1. The second-order valence-electron chi connectivity index (χ2n) is 16.8. The zero-order chi connectivity index (χ0) is 49.4. The number of aromatic nitrogens is 3. The minimum atomic E-state index is -4.64. The van der Waals surface area contributed by atoms with Gasteiger partial charge in [0.15, 0.2) is 5.65 Å². The number of hydrogen-bond donors (Lipinski definition) is 4. The van der Waals surface area contributed by atoms with E-state index < -0.39 is 47.3 Å². The number of ether oxygens (including phenoxy) is 2. The quantitative estimate of drug-likeness (QED) is 0.0599. The number of rotatable bonds is 17. The SMILES string of the molecule is Cc1ccc(C(=O)Nc2ccc(CN3CCN(CCOCCOCCNC(=O)CNc4cccc5c4C(=O)N(C4CCC(=O)NC4=O)C5=O)CC3)c(C(F)(F)F)c2)cc1C#Cc1cnc2cccnn12. The van der Waals surface area contributed by atoms with Crippen molar-refractivity contribution >= 4 is 52.5 Å². The molecule has 1 atom stereocenters. The van der Waals surface area contributed by atoms with Crippen LogP contribution < -0.4 is 21.3 Å². The summed E-state index contributed by atoms with van der Waals surface area (Å²) in [7, 11) is 0. The molecule has 5 heterocycles. The molecule has 0 spiro atoms. The largest absolute Gasteiger partial charge is 0.416 e. The first-order chi connectivity index (χ1) is 33.7. The fourth-order valence-corrected chi connectivity index (χ4v) is 8.29. The third kappa shape index (κ3) is 11.7. The van der Waals surface area contributed by atoms with Gasteiger partial charge in [0.1, 0.15) is 11.7 Å². The van der Waals surface area contributed by atoms with Gasteiger partial charge in [0.25, 0.3) is 17.7 Å². The summed E-state index contributed by atoms with van der Waals surface area (Å²) >= 11 is 0. The van der Waals surface area contributed by atoms with Gasteiger partial charge < -0.3 is 25.4 Å². The van der Waals surface area contributed by atoms with E-state index in [9.17, 15) is 41.9 Å². The molecule has 70 heavy (non-hydrogen) atoms.